The molecule has 1 aromatic heterocycles. The second-order valence-corrected chi connectivity index (χ2v) is 5.53. The molecule has 21 heavy (non-hydrogen) atoms. The van der Waals surface area contributed by atoms with Crippen LogP contribution in [0.5, 0.6) is 11.5 Å². The summed E-state index contributed by atoms with van der Waals surface area (Å²) in [5.74, 6) is 0.808. The molecule has 0 saturated heterocycles. The van der Waals surface area contributed by atoms with Crippen LogP contribution in [-0.2, 0) is 0 Å². The van der Waals surface area contributed by atoms with Crippen molar-refractivity contribution in [1.82, 2.24) is 0 Å². The molecule has 0 aliphatic rings. The summed E-state index contributed by atoms with van der Waals surface area (Å²) in [5.41, 5.74) is 0.817. The number of ether oxygens (including phenoxy) is 1. The van der Waals surface area contributed by atoms with E-state index in [1.165, 1.54) is 13.2 Å². The summed E-state index contributed by atoms with van der Waals surface area (Å²) in [6.07, 6.45) is 0. The lowest BCUT2D eigenvalue weighted by atomic mass is 10.1. The number of rotatable bonds is 2. The van der Waals surface area contributed by atoms with Crippen molar-refractivity contribution >= 4 is 33.6 Å². The summed E-state index contributed by atoms with van der Waals surface area (Å²) in [4.78, 5) is 12.3. The average molecular weight is 394 g/mol. The largest absolute Gasteiger partial charge is 0.506 e. The quantitative estimate of drug-likeness (QED) is 0.673. The van der Waals surface area contributed by atoms with Crippen molar-refractivity contribution in [2.45, 2.75) is 0 Å². The van der Waals surface area contributed by atoms with E-state index >= 15 is 0 Å². The highest BCUT2D eigenvalue weighted by Gasteiger charge is 2.16. The summed E-state index contributed by atoms with van der Waals surface area (Å²) < 4.78 is 11.4. The van der Waals surface area contributed by atoms with Gasteiger partial charge in [0, 0.05) is 17.7 Å². The second-order valence-electron chi connectivity index (χ2n) is 4.46. The summed E-state index contributed by atoms with van der Waals surface area (Å²) in [6, 6.07) is 12.3. The highest BCUT2D eigenvalue weighted by molar-refractivity contribution is 14.1. The van der Waals surface area contributed by atoms with E-state index in [0.29, 0.717) is 20.7 Å². The van der Waals surface area contributed by atoms with E-state index in [2.05, 4.69) is 0 Å². The Labute approximate surface area is 134 Å². The smallest absolute Gasteiger partial charge is 0.197 e. The molecule has 0 radical (unpaired) electrons. The molecular formula is C16H11IO4. The molecule has 0 amide bonds. The molecule has 5 heteroatoms. The van der Waals surface area contributed by atoms with Gasteiger partial charge in [0.2, 0.25) is 0 Å². The van der Waals surface area contributed by atoms with Gasteiger partial charge in [-0.1, -0.05) is 30.3 Å². The van der Waals surface area contributed by atoms with Gasteiger partial charge in [-0.2, -0.15) is 0 Å². The Bertz CT molecular complexity index is 869. The van der Waals surface area contributed by atoms with Gasteiger partial charge in [-0.25, -0.2) is 0 Å². The summed E-state index contributed by atoms with van der Waals surface area (Å²) >= 11 is 1.93. The Morgan fingerprint density at radius 1 is 1.19 bits per heavy atom. The highest BCUT2D eigenvalue weighted by Crippen LogP contribution is 2.36. The minimum Gasteiger partial charge on any atom is -0.506 e. The zero-order valence-electron chi connectivity index (χ0n) is 11.1. The van der Waals surface area contributed by atoms with Crippen LogP contribution in [0.15, 0.2) is 51.7 Å². The summed E-state index contributed by atoms with van der Waals surface area (Å²) in [6.45, 7) is 0. The SMILES string of the molecule is COc1cc2oc(-c3ccccc3)cc(=O)c2c(O)c1I. The van der Waals surface area contributed by atoms with E-state index in [1.54, 1.807) is 6.07 Å². The minimum atomic E-state index is -0.284. The Kier molecular flexibility index (Phi) is 3.59. The standard InChI is InChI=1S/C16H11IO4/c1-20-13-8-12-14(16(19)15(13)17)10(18)7-11(21-12)9-5-3-2-4-6-9/h2-8,19H,1H3. The molecule has 0 bridgehead atoms. The number of hydrogen-bond acceptors (Lipinski definition) is 4. The van der Waals surface area contributed by atoms with Crippen LogP contribution in [0.2, 0.25) is 0 Å². The van der Waals surface area contributed by atoms with Gasteiger partial charge >= 0.3 is 0 Å². The van der Waals surface area contributed by atoms with Gasteiger partial charge in [-0.15, -0.1) is 0 Å². The van der Waals surface area contributed by atoms with E-state index in [0.717, 1.165) is 5.56 Å². The van der Waals surface area contributed by atoms with Crippen LogP contribution in [0.4, 0.5) is 0 Å². The van der Waals surface area contributed by atoms with E-state index in [9.17, 15) is 9.90 Å². The number of fused-ring (bicyclic) bond motifs is 1. The number of aromatic hydroxyl groups is 1. The minimum absolute atomic E-state index is 0.113. The third kappa shape index (κ3) is 2.37. The van der Waals surface area contributed by atoms with Gasteiger partial charge in [0.1, 0.15) is 28.2 Å². The zero-order chi connectivity index (χ0) is 15.0. The molecule has 1 N–H and O–H groups in total. The number of phenolic OH excluding ortho intramolecular Hbond substituents is 1. The van der Waals surface area contributed by atoms with Crippen molar-refractivity contribution in [3.8, 4) is 22.8 Å². The monoisotopic (exact) mass is 394 g/mol. The number of hydrogen-bond donors (Lipinski definition) is 1. The van der Waals surface area contributed by atoms with Gasteiger partial charge in [-0.05, 0) is 22.6 Å². The van der Waals surface area contributed by atoms with E-state index in [-0.39, 0.29) is 16.6 Å². The van der Waals surface area contributed by atoms with Crippen LogP contribution >= 0.6 is 22.6 Å². The number of methoxy groups -OCH3 is 1. The van der Waals surface area contributed by atoms with Crippen molar-refractivity contribution < 1.29 is 14.3 Å². The summed E-state index contributed by atoms with van der Waals surface area (Å²) in [7, 11) is 1.50. The van der Waals surface area contributed by atoms with E-state index in [1.807, 2.05) is 52.9 Å². The molecule has 0 unspecified atom stereocenters. The molecule has 3 rings (SSSR count). The number of halogens is 1. The molecule has 4 nitrogen and oxygen atoms in total. The van der Waals surface area contributed by atoms with Gasteiger partial charge in [-0.3, -0.25) is 4.79 Å². The Balaban J connectivity index is 2.35. The Morgan fingerprint density at radius 2 is 1.90 bits per heavy atom. The topological polar surface area (TPSA) is 59.7 Å². The van der Waals surface area contributed by atoms with Crippen LogP contribution in [0.25, 0.3) is 22.3 Å². The van der Waals surface area contributed by atoms with Gasteiger partial charge in [0.15, 0.2) is 5.43 Å². The number of benzene rings is 2. The zero-order valence-corrected chi connectivity index (χ0v) is 13.2. The van der Waals surface area contributed by atoms with E-state index in [4.69, 9.17) is 9.15 Å². The van der Waals surface area contributed by atoms with Crippen molar-refractivity contribution in [3.05, 3.63) is 56.3 Å². The first-order chi connectivity index (χ1) is 10.1. The van der Waals surface area contributed by atoms with Crippen molar-refractivity contribution in [3.63, 3.8) is 0 Å². The van der Waals surface area contributed by atoms with Crippen LogP contribution in [0, 0.1) is 3.57 Å². The first-order valence-electron chi connectivity index (χ1n) is 6.20. The molecule has 0 spiro atoms. The lowest BCUT2D eigenvalue weighted by Crippen LogP contribution is -2.02. The average Bonchev–Trinajstić information content (AvgIpc) is 2.51. The molecular weight excluding hydrogens is 383 g/mol. The molecule has 0 aliphatic heterocycles. The van der Waals surface area contributed by atoms with Gasteiger partial charge in [0.25, 0.3) is 0 Å². The highest BCUT2D eigenvalue weighted by atomic mass is 127. The maximum absolute atomic E-state index is 12.3. The maximum Gasteiger partial charge on any atom is 0.197 e. The molecule has 0 fully saturated rings. The first kappa shape index (κ1) is 13.9. The lowest BCUT2D eigenvalue weighted by Gasteiger charge is -2.09. The molecule has 3 aromatic rings. The first-order valence-corrected chi connectivity index (χ1v) is 7.28. The second kappa shape index (κ2) is 5.40. The normalized spacial score (nSPS) is 10.8. The van der Waals surface area contributed by atoms with Crippen LogP contribution in [-0.4, -0.2) is 12.2 Å². The van der Waals surface area contributed by atoms with Crippen LogP contribution in [0.3, 0.4) is 0 Å². The lowest BCUT2D eigenvalue weighted by molar-refractivity contribution is 0.403. The molecule has 1 heterocycles. The fourth-order valence-electron chi connectivity index (χ4n) is 2.15. The fraction of sp³-hybridized carbons (Fsp3) is 0.0625. The summed E-state index contributed by atoms with van der Waals surface area (Å²) in [5, 5.41) is 10.3. The van der Waals surface area contributed by atoms with Crippen LogP contribution < -0.4 is 10.2 Å². The maximum atomic E-state index is 12.3. The molecule has 2 aromatic carbocycles. The van der Waals surface area contributed by atoms with Crippen LogP contribution in [0.1, 0.15) is 0 Å². The third-order valence-corrected chi connectivity index (χ3v) is 4.22. The molecule has 0 saturated carbocycles. The predicted molar refractivity (Wildman–Crippen MR) is 88.9 cm³/mol. The van der Waals surface area contributed by atoms with Gasteiger partial charge in [0.05, 0.1) is 10.7 Å². The van der Waals surface area contributed by atoms with Crippen molar-refractivity contribution in [1.29, 1.82) is 0 Å². The predicted octanol–water partition coefficient (Wildman–Crippen LogP) is 3.78. The van der Waals surface area contributed by atoms with E-state index < -0.39 is 0 Å². The molecule has 106 valence electrons. The fourth-order valence-corrected chi connectivity index (χ4v) is 2.79. The van der Waals surface area contributed by atoms with Crippen molar-refractivity contribution in [2.24, 2.45) is 0 Å². The Hall–Kier alpha value is -2.02. The van der Waals surface area contributed by atoms with Gasteiger partial charge < -0.3 is 14.3 Å². The third-order valence-electron chi connectivity index (χ3n) is 3.18. The van der Waals surface area contributed by atoms with Crippen molar-refractivity contribution in [2.75, 3.05) is 7.11 Å². The Morgan fingerprint density at radius 3 is 2.57 bits per heavy atom. The molecule has 0 atom stereocenters. The number of phenols is 1. The molecule has 0 aliphatic carbocycles.